The van der Waals surface area contributed by atoms with Crippen molar-refractivity contribution in [1.29, 1.82) is 0 Å². The summed E-state index contributed by atoms with van der Waals surface area (Å²) >= 11 is 1.65. The second-order valence-electron chi connectivity index (χ2n) is 7.52. The fourth-order valence-electron chi connectivity index (χ4n) is 3.31. The first-order valence-corrected chi connectivity index (χ1v) is 11.9. The molecule has 32 heavy (non-hydrogen) atoms. The molecule has 0 aliphatic carbocycles. The molecule has 3 rings (SSSR count). The minimum absolute atomic E-state index is 0.0865. The van der Waals surface area contributed by atoms with Gasteiger partial charge in [-0.25, -0.2) is 4.79 Å². The lowest BCUT2D eigenvalue weighted by atomic mass is 10.1. The minimum Gasteiger partial charge on any atom is -0.350 e. The lowest BCUT2D eigenvalue weighted by Gasteiger charge is -2.24. The summed E-state index contributed by atoms with van der Waals surface area (Å²) in [4.78, 5) is 28.4. The van der Waals surface area contributed by atoms with Crippen molar-refractivity contribution in [3.8, 4) is 0 Å². The molecule has 6 heteroatoms. The van der Waals surface area contributed by atoms with Crippen molar-refractivity contribution in [3.05, 3.63) is 96.1 Å². The predicted molar refractivity (Wildman–Crippen MR) is 132 cm³/mol. The van der Waals surface area contributed by atoms with E-state index in [2.05, 4.69) is 10.6 Å². The van der Waals surface area contributed by atoms with Crippen LogP contribution in [-0.4, -0.2) is 29.6 Å². The van der Waals surface area contributed by atoms with Crippen LogP contribution in [0.5, 0.6) is 0 Å². The molecule has 0 fully saturated rings. The van der Waals surface area contributed by atoms with Gasteiger partial charge in [-0.1, -0.05) is 60.7 Å². The van der Waals surface area contributed by atoms with E-state index < -0.39 is 0 Å². The summed E-state index contributed by atoms with van der Waals surface area (Å²) in [6.45, 7) is 2.70. The van der Waals surface area contributed by atoms with Crippen LogP contribution in [0, 0.1) is 0 Å². The first kappa shape index (κ1) is 23.4. The number of amides is 3. The van der Waals surface area contributed by atoms with Crippen LogP contribution in [0.15, 0.2) is 89.8 Å². The van der Waals surface area contributed by atoms with Gasteiger partial charge >= 0.3 is 6.03 Å². The molecule has 0 aliphatic heterocycles. The van der Waals surface area contributed by atoms with Crippen LogP contribution in [-0.2, 0) is 11.3 Å². The highest BCUT2D eigenvalue weighted by molar-refractivity contribution is 7.98. The molecule has 1 atom stereocenters. The van der Waals surface area contributed by atoms with Gasteiger partial charge in [0.1, 0.15) is 0 Å². The normalized spacial score (nSPS) is 11.4. The van der Waals surface area contributed by atoms with Gasteiger partial charge in [0.25, 0.3) is 0 Å². The number of rotatable bonds is 9. The lowest BCUT2D eigenvalue weighted by molar-refractivity contribution is -0.121. The van der Waals surface area contributed by atoms with Crippen molar-refractivity contribution >= 4 is 29.4 Å². The van der Waals surface area contributed by atoms with E-state index in [1.54, 1.807) is 16.7 Å². The molecule has 0 saturated heterocycles. The van der Waals surface area contributed by atoms with Gasteiger partial charge in [0.15, 0.2) is 0 Å². The van der Waals surface area contributed by atoms with E-state index in [0.717, 1.165) is 21.7 Å². The number of thioether (sulfide) groups is 1. The Morgan fingerprint density at radius 2 is 1.53 bits per heavy atom. The quantitative estimate of drug-likeness (QED) is 0.413. The molecule has 0 radical (unpaired) electrons. The number of anilines is 1. The zero-order chi connectivity index (χ0) is 22.8. The van der Waals surface area contributed by atoms with Crippen molar-refractivity contribution < 1.29 is 9.59 Å². The molecule has 2 N–H and O–H groups in total. The minimum atomic E-state index is -0.227. The number of carbonyl (C=O) groups is 2. The van der Waals surface area contributed by atoms with Crippen LogP contribution in [0.4, 0.5) is 10.5 Å². The summed E-state index contributed by atoms with van der Waals surface area (Å²) in [7, 11) is 0. The van der Waals surface area contributed by atoms with Crippen LogP contribution in [0.3, 0.4) is 0 Å². The first-order valence-electron chi connectivity index (χ1n) is 10.6. The summed E-state index contributed by atoms with van der Waals surface area (Å²) in [5.74, 6) is -0.0865. The van der Waals surface area contributed by atoms with E-state index in [4.69, 9.17) is 0 Å². The maximum Gasteiger partial charge on any atom is 0.322 e. The number of benzene rings is 3. The molecule has 0 heterocycles. The number of hydrogen-bond donors (Lipinski definition) is 2. The molecule has 0 bridgehead atoms. The van der Waals surface area contributed by atoms with Crippen molar-refractivity contribution in [2.24, 2.45) is 0 Å². The zero-order valence-electron chi connectivity index (χ0n) is 18.5. The third kappa shape index (κ3) is 7.17. The topological polar surface area (TPSA) is 61.4 Å². The summed E-state index contributed by atoms with van der Waals surface area (Å²) < 4.78 is 0. The van der Waals surface area contributed by atoms with Gasteiger partial charge in [0.05, 0.1) is 6.04 Å². The van der Waals surface area contributed by atoms with E-state index >= 15 is 0 Å². The molecule has 5 nitrogen and oxygen atoms in total. The molecule has 0 aromatic heterocycles. The second-order valence-corrected chi connectivity index (χ2v) is 8.40. The van der Waals surface area contributed by atoms with Crippen molar-refractivity contribution in [1.82, 2.24) is 10.2 Å². The van der Waals surface area contributed by atoms with Gasteiger partial charge in [-0.2, -0.15) is 0 Å². The van der Waals surface area contributed by atoms with E-state index in [9.17, 15) is 9.59 Å². The number of urea groups is 1. The molecule has 166 valence electrons. The van der Waals surface area contributed by atoms with Crippen molar-refractivity contribution in [2.75, 3.05) is 18.1 Å². The van der Waals surface area contributed by atoms with Crippen LogP contribution >= 0.6 is 11.8 Å². The highest BCUT2D eigenvalue weighted by Crippen LogP contribution is 2.18. The summed E-state index contributed by atoms with van der Waals surface area (Å²) in [5.41, 5.74) is 2.79. The van der Waals surface area contributed by atoms with Gasteiger partial charge in [-0.15, -0.1) is 11.8 Å². The van der Waals surface area contributed by atoms with Crippen LogP contribution in [0.2, 0.25) is 0 Å². The summed E-state index contributed by atoms with van der Waals surface area (Å²) in [6.07, 6.45) is 2.24. The summed E-state index contributed by atoms with van der Waals surface area (Å²) in [6, 6.07) is 27.0. The Bertz CT molecular complexity index is 995. The predicted octanol–water partition coefficient (Wildman–Crippen LogP) is 5.71. The van der Waals surface area contributed by atoms with Crippen LogP contribution in [0.1, 0.15) is 30.5 Å². The smallest absolute Gasteiger partial charge is 0.322 e. The standard InChI is InChI=1S/C26H29N3O2S/c1-20(22-11-7-4-8-12-22)27-25(30)17-18-29(19-21-9-5-3-6-10-21)26(31)28-23-13-15-24(32-2)16-14-23/h3-16,20H,17-19H2,1-2H3,(H,27,30)(H,28,31). The van der Waals surface area contributed by atoms with E-state index in [1.165, 1.54) is 0 Å². The molecular weight excluding hydrogens is 418 g/mol. The monoisotopic (exact) mass is 447 g/mol. The Kier molecular flexibility index (Phi) is 8.75. The SMILES string of the molecule is CSc1ccc(NC(=O)N(CCC(=O)NC(C)c2ccccc2)Cc2ccccc2)cc1. The Hall–Kier alpha value is -3.25. The molecule has 3 amide bonds. The Balaban J connectivity index is 1.62. The van der Waals surface area contributed by atoms with Gasteiger partial charge in [0, 0.05) is 30.1 Å². The van der Waals surface area contributed by atoms with Crippen LogP contribution < -0.4 is 10.6 Å². The molecule has 1 unspecified atom stereocenters. The Morgan fingerprint density at radius 3 is 2.16 bits per heavy atom. The van der Waals surface area contributed by atoms with Crippen molar-refractivity contribution in [2.45, 2.75) is 30.8 Å². The Labute approximate surface area is 194 Å². The second kappa shape index (κ2) is 12.0. The largest absolute Gasteiger partial charge is 0.350 e. The molecule has 3 aromatic carbocycles. The fraction of sp³-hybridized carbons (Fsp3) is 0.231. The highest BCUT2D eigenvalue weighted by Gasteiger charge is 2.17. The highest BCUT2D eigenvalue weighted by atomic mass is 32.2. The first-order chi connectivity index (χ1) is 15.5. The number of hydrogen-bond acceptors (Lipinski definition) is 3. The van der Waals surface area contributed by atoms with Gasteiger partial charge in [-0.3, -0.25) is 4.79 Å². The Morgan fingerprint density at radius 1 is 0.906 bits per heavy atom. The van der Waals surface area contributed by atoms with Crippen molar-refractivity contribution in [3.63, 3.8) is 0 Å². The zero-order valence-corrected chi connectivity index (χ0v) is 19.3. The van der Waals surface area contributed by atoms with E-state index in [-0.39, 0.29) is 24.4 Å². The third-order valence-corrected chi connectivity index (χ3v) is 5.87. The average molecular weight is 448 g/mol. The number of nitrogens with zero attached hydrogens (tertiary/aromatic N) is 1. The van der Waals surface area contributed by atoms with Gasteiger partial charge in [-0.05, 0) is 48.6 Å². The van der Waals surface area contributed by atoms with Gasteiger partial charge < -0.3 is 15.5 Å². The maximum atomic E-state index is 13.0. The summed E-state index contributed by atoms with van der Waals surface area (Å²) in [5, 5.41) is 5.97. The fourth-order valence-corrected chi connectivity index (χ4v) is 3.72. The van der Waals surface area contributed by atoms with E-state index in [0.29, 0.717) is 13.1 Å². The molecule has 0 spiro atoms. The molecule has 3 aromatic rings. The average Bonchev–Trinajstić information content (AvgIpc) is 2.83. The third-order valence-electron chi connectivity index (χ3n) is 5.13. The number of nitrogens with one attached hydrogen (secondary N) is 2. The van der Waals surface area contributed by atoms with Gasteiger partial charge in [0.2, 0.25) is 5.91 Å². The van der Waals surface area contributed by atoms with E-state index in [1.807, 2.05) is 98.1 Å². The number of carbonyl (C=O) groups excluding carboxylic acids is 2. The molecule has 0 saturated carbocycles. The molecular formula is C26H29N3O2S. The lowest BCUT2D eigenvalue weighted by Crippen LogP contribution is -2.38. The van der Waals surface area contributed by atoms with Crippen LogP contribution in [0.25, 0.3) is 0 Å². The molecule has 0 aliphatic rings. The maximum absolute atomic E-state index is 13.0.